The highest BCUT2D eigenvalue weighted by atomic mass is 35.5. The molecule has 0 saturated carbocycles. The standard InChI is InChI=1S/C20H22ClFN2O/c21-16-10-8-15(9-11-16)19(24-12-4-1-5-13-24)14-23-20(25)17-6-2-3-7-18(17)22/h2-3,6-11,19H,1,4-5,12-14H2,(H,23,25)/t19-/m0/s1. The fraction of sp³-hybridized carbons (Fsp3) is 0.350. The number of amides is 1. The van der Waals surface area contributed by atoms with Crippen LogP contribution in [0.25, 0.3) is 0 Å². The Morgan fingerprint density at radius 2 is 1.76 bits per heavy atom. The van der Waals surface area contributed by atoms with E-state index in [1.807, 2.05) is 24.3 Å². The minimum atomic E-state index is -0.499. The second-order valence-electron chi connectivity index (χ2n) is 6.35. The van der Waals surface area contributed by atoms with Gasteiger partial charge < -0.3 is 5.32 Å². The molecule has 0 aromatic heterocycles. The number of hydrogen-bond acceptors (Lipinski definition) is 2. The van der Waals surface area contributed by atoms with Gasteiger partial charge in [0.25, 0.3) is 5.91 Å². The van der Waals surface area contributed by atoms with Gasteiger partial charge in [-0.2, -0.15) is 0 Å². The Labute approximate surface area is 152 Å². The molecule has 1 heterocycles. The summed E-state index contributed by atoms with van der Waals surface area (Å²) in [7, 11) is 0. The first-order chi connectivity index (χ1) is 12.1. The fourth-order valence-electron chi connectivity index (χ4n) is 3.30. The number of likely N-dealkylation sites (tertiary alicyclic amines) is 1. The maximum atomic E-state index is 13.8. The van der Waals surface area contributed by atoms with Crippen LogP contribution in [0.1, 0.15) is 41.2 Å². The zero-order chi connectivity index (χ0) is 17.6. The van der Waals surface area contributed by atoms with E-state index < -0.39 is 5.82 Å². The van der Waals surface area contributed by atoms with Crippen LogP contribution in [0.4, 0.5) is 4.39 Å². The quantitative estimate of drug-likeness (QED) is 0.855. The molecular formula is C20H22ClFN2O. The van der Waals surface area contributed by atoms with Crippen molar-refractivity contribution in [3.8, 4) is 0 Å². The molecule has 1 fully saturated rings. The van der Waals surface area contributed by atoms with Crippen molar-refractivity contribution in [1.82, 2.24) is 10.2 Å². The van der Waals surface area contributed by atoms with Crippen LogP contribution >= 0.6 is 11.6 Å². The number of halogens is 2. The van der Waals surface area contributed by atoms with Crippen LogP contribution in [0.3, 0.4) is 0 Å². The molecule has 1 atom stereocenters. The minimum absolute atomic E-state index is 0.0632. The van der Waals surface area contributed by atoms with Gasteiger partial charge in [0, 0.05) is 11.6 Å². The first-order valence-electron chi connectivity index (χ1n) is 8.67. The highest BCUT2D eigenvalue weighted by Gasteiger charge is 2.23. The van der Waals surface area contributed by atoms with E-state index in [4.69, 9.17) is 11.6 Å². The second kappa shape index (κ2) is 8.45. The first-order valence-corrected chi connectivity index (χ1v) is 9.05. The number of piperidine rings is 1. The summed E-state index contributed by atoms with van der Waals surface area (Å²) >= 11 is 6.00. The van der Waals surface area contributed by atoms with Gasteiger partial charge in [0.1, 0.15) is 5.82 Å². The minimum Gasteiger partial charge on any atom is -0.350 e. The lowest BCUT2D eigenvalue weighted by atomic mass is 10.0. The molecule has 1 aliphatic heterocycles. The summed E-state index contributed by atoms with van der Waals surface area (Å²) in [6.45, 7) is 2.44. The summed E-state index contributed by atoms with van der Waals surface area (Å²) in [5.74, 6) is -0.880. The molecule has 3 rings (SSSR count). The lowest BCUT2D eigenvalue weighted by Crippen LogP contribution is -2.40. The van der Waals surface area contributed by atoms with Crippen molar-refractivity contribution >= 4 is 17.5 Å². The van der Waals surface area contributed by atoms with Gasteiger partial charge in [-0.1, -0.05) is 42.3 Å². The Balaban J connectivity index is 1.74. The number of hydrogen-bond donors (Lipinski definition) is 1. The van der Waals surface area contributed by atoms with E-state index in [2.05, 4.69) is 10.2 Å². The van der Waals surface area contributed by atoms with Crippen LogP contribution < -0.4 is 5.32 Å². The van der Waals surface area contributed by atoms with Crippen LogP contribution in [0.2, 0.25) is 5.02 Å². The van der Waals surface area contributed by atoms with E-state index in [1.165, 1.54) is 18.6 Å². The van der Waals surface area contributed by atoms with Crippen molar-refractivity contribution in [3.63, 3.8) is 0 Å². The monoisotopic (exact) mass is 360 g/mol. The van der Waals surface area contributed by atoms with E-state index in [0.29, 0.717) is 11.6 Å². The molecule has 0 bridgehead atoms. The van der Waals surface area contributed by atoms with Gasteiger partial charge >= 0.3 is 0 Å². The summed E-state index contributed by atoms with van der Waals surface area (Å²) in [6, 6.07) is 13.8. The summed E-state index contributed by atoms with van der Waals surface area (Å²) in [5.41, 5.74) is 1.19. The molecule has 1 aliphatic rings. The van der Waals surface area contributed by atoms with Crippen LogP contribution in [-0.2, 0) is 0 Å². The molecule has 0 radical (unpaired) electrons. The molecule has 5 heteroatoms. The number of rotatable bonds is 5. The Morgan fingerprint density at radius 3 is 2.44 bits per heavy atom. The topological polar surface area (TPSA) is 32.3 Å². The highest BCUT2D eigenvalue weighted by molar-refractivity contribution is 6.30. The van der Waals surface area contributed by atoms with Gasteiger partial charge in [-0.05, 0) is 55.8 Å². The Bertz CT molecular complexity index is 714. The van der Waals surface area contributed by atoms with Gasteiger partial charge in [0.2, 0.25) is 0 Å². The summed E-state index contributed by atoms with van der Waals surface area (Å²) in [4.78, 5) is 14.7. The van der Waals surface area contributed by atoms with Crippen LogP contribution in [0.15, 0.2) is 48.5 Å². The molecule has 1 N–H and O–H groups in total. The number of carbonyl (C=O) groups is 1. The number of nitrogens with one attached hydrogen (secondary N) is 1. The van der Waals surface area contributed by atoms with Crippen molar-refractivity contribution in [3.05, 3.63) is 70.5 Å². The molecule has 3 nitrogen and oxygen atoms in total. The van der Waals surface area contributed by atoms with Crippen LogP contribution in [0, 0.1) is 5.82 Å². The highest BCUT2D eigenvalue weighted by Crippen LogP contribution is 2.25. The maximum absolute atomic E-state index is 13.8. The number of nitrogens with zero attached hydrogens (tertiary/aromatic N) is 1. The smallest absolute Gasteiger partial charge is 0.254 e. The summed E-state index contributed by atoms with van der Waals surface area (Å²) < 4.78 is 13.8. The molecule has 132 valence electrons. The van der Waals surface area contributed by atoms with E-state index in [0.717, 1.165) is 31.5 Å². The molecule has 1 amide bonds. The molecule has 2 aromatic carbocycles. The van der Waals surface area contributed by atoms with E-state index in [1.54, 1.807) is 12.1 Å². The zero-order valence-electron chi connectivity index (χ0n) is 14.1. The second-order valence-corrected chi connectivity index (χ2v) is 6.79. The van der Waals surface area contributed by atoms with Gasteiger partial charge in [0.05, 0.1) is 11.6 Å². The van der Waals surface area contributed by atoms with Gasteiger partial charge in [-0.3, -0.25) is 9.69 Å². The van der Waals surface area contributed by atoms with Crippen molar-refractivity contribution < 1.29 is 9.18 Å². The summed E-state index contributed by atoms with van der Waals surface area (Å²) in [5, 5.41) is 3.59. The van der Waals surface area contributed by atoms with E-state index in [-0.39, 0.29) is 17.5 Å². The van der Waals surface area contributed by atoms with Crippen molar-refractivity contribution in [2.75, 3.05) is 19.6 Å². The third kappa shape index (κ3) is 4.59. The number of carbonyl (C=O) groups excluding carboxylic acids is 1. The molecule has 25 heavy (non-hydrogen) atoms. The zero-order valence-corrected chi connectivity index (χ0v) is 14.8. The predicted molar refractivity (Wildman–Crippen MR) is 98.4 cm³/mol. The van der Waals surface area contributed by atoms with Gasteiger partial charge in [0.15, 0.2) is 0 Å². The molecule has 2 aromatic rings. The van der Waals surface area contributed by atoms with Crippen LogP contribution in [0.5, 0.6) is 0 Å². The van der Waals surface area contributed by atoms with Crippen LogP contribution in [-0.4, -0.2) is 30.4 Å². The molecule has 0 spiro atoms. The normalized spacial score (nSPS) is 16.4. The Kier molecular flexibility index (Phi) is 6.05. The average molecular weight is 361 g/mol. The molecular weight excluding hydrogens is 339 g/mol. The lowest BCUT2D eigenvalue weighted by Gasteiger charge is -2.35. The largest absolute Gasteiger partial charge is 0.350 e. The predicted octanol–water partition coefficient (Wildman–Crippen LogP) is 4.44. The van der Waals surface area contributed by atoms with Crippen molar-refractivity contribution in [2.24, 2.45) is 0 Å². The maximum Gasteiger partial charge on any atom is 0.254 e. The average Bonchev–Trinajstić information content (AvgIpc) is 2.64. The van der Waals surface area contributed by atoms with Crippen molar-refractivity contribution in [1.29, 1.82) is 0 Å². The van der Waals surface area contributed by atoms with Gasteiger partial charge in [-0.25, -0.2) is 4.39 Å². The van der Waals surface area contributed by atoms with E-state index in [9.17, 15) is 9.18 Å². The van der Waals surface area contributed by atoms with Gasteiger partial charge in [-0.15, -0.1) is 0 Å². The Morgan fingerprint density at radius 1 is 1.08 bits per heavy atom. The third-order valence-electron chi connectivity index (χ3n) is 4.66. The summed E-state index contributed by atoms with van der Waals surface area (Å²) in [6.07, 6.45) is 3.56. The lowest BCUT2D eigenvalue weighted by molar-refractivity contribution is 0.0920. The number of benzene rings is 2. The first kappa shape index (κ1) is 17.9. The van der Waals surface area contributed by atoms with E-state index >= 15 is 0 Å². The Hall–Kier alpha value is -1.91. The molecule has 0 unspecified atom stereocenters. The SMILES string of the molecule is O=C(NC[C@@H](c1ccc(Cl)cc1)N1CCCCC1)c1ccccc1F. The van der Waals surface area contributed by atoms with Crippen molar-refractivity contribution in [2.45, 2.75) is 25.3 Å². The third-order valence-corrected chi connectivity index (χ3v) is 4.91. The fourth-order valence-corrected chi connectivity index (χ4v) is 3.43. The molecule has 0 aliphatic carbocycles. The molecule has 1 saturated heterocycles.